The summed E-state index contributed by atoms with van der Waals surface area (Å²) in [6.45, 7) is 2.84. The maximum atomic E-state index is 13.3. The number of ether oxygens (including phenoxy) is 1. The van der Waals surface area contributed by atoms with E-state index < -0.39 is 27.7 Å². The van der Waals surface area contributed by atoms with Crippen LogP contribution in [0.4, 0.5) is 24.5 Å². The number of carbonyl (C=O) groups is 1. The molecule has 174 valence electrons. The van der Waals surface area contributed by atoms with Gasteiger partial charge in [-0.1, -0.05) is 13.0 Å². The summed E-state index contributed by atoms with van der Waals surface area (Å²) < 4.78 is 73.6. The molecule has 1 fully saturated rings. The largest absolute Gasteiger partial charge is 0.465 e. The minimum Gasteiger partial charge on any atom is -0.465 e. The Labute approximate surface area is 185 Å². The number of halogens is 3. The van der Waals surface area contributed by atoms with Crippen molar-refractivity contribution in [2.45, 2.75) is 43.7 Å². The van der Waals surface area contributed by atoms with Crippen molar-refractivity contribution in [2.24, 2.45) is 0 Å². The Morgan fingerprint density at radius 2 is 1.78 bits per heavy atom. The summed E-state index contributed by atoms with van der Waals surface area (Å²) in [6.07, 6.45) is -1.58. The van der Waals surface area contributed by atoms with E-state index in [2.05, 4.69) is 9.46 Å². The van der Waals surface area contributed by atoms with Crippen LogP contribution in [0.25, 0.3) is 0 Å². The molecule has 10 heteroatoms. The van der Waals surface area contributed by atoms with Crippen LogP contribution in [0, 0.1) is 0 Å². The van der Waals surface area contributed by atoms with Crippen molar-refractivity contribution < 1.29 is 31.1 Å². The number of hydrogen-bond acceptors (Lipinski definition) is 5. The van der Waals surface area contributed by atoms with Crippen molar-refractivity contribution in [3.8, 4) is 0 Å². The molecule has 0 bridgehead atoms. The molecule has 0 aromatic heterocycles. The molecule has 32 heavy (non-hydrogen) atoms. The Bertz CT molecular complexity index is 1090. The second-order valence-electron chi connectivity index (χ2n) is 7.55. The third kappa shape index (κ3) is 5.17. The van der Waals surface area contributed by atoms with Crippen LogP contribution in [0.5, 0.6) is 0 Å². The van der Waals surface area contributed by atoms with Crippen LogP contribution in [-0.4, -0.2) is 34.6 Å². The first-order valence-electron chi connectivity index (χ1n) is 10.3. The van der Waals surface area contributed by atoms with Gasteiger partial charge in [0.2, 0.25) is 0 Å². The second-order valence-corrected chi connectivity index (χ2v) is 9.20. The van der Waals surface area contributed by atoms with Crippen molar-refractivity contribution in [3.05, 3.63) is 53.1 Å². The van der Waals surface area contributed by atoms with Gasteiger partial charge in [-0.2, -0.15) is 13.2 Å². The number of hydrogen-bond donors (Lipinski definition) is 1. The third-order valence-electron chi connectivity index (χ3n) is 5.42. The number of methoxy groups -OCH3 is 1. The molecule has 1 N–H and O–H groups in total. The third-order valence-corrected chi connectivity index (χ3v) is 6.87. The van der Waals surface area contributed by atoms with Crippen LogP contribution in [0.2, 0.25) is 0 Å². The minimum absolute atomic E-state index is 0.0606. The first-order chi connectivity index (χ1) is 15.1. The molecule has 0 saturated carbocycles. The van der Waals surface area contributed by atoms with Gasteiger partial charge < -0.3 is 9.64 Å². The molecule has 1 heterocycles. The van der Waals surface area contributed by atoms with Crippen LogP contribution in [-0.2, 0) is 27.4 Å². The number of esters is 1. The number of sulfonamides is 1. The Kier molecular flexibility index (Phi) is 7.02. The van der Waals surface area contributed by atoms with Crippen molar-refractivity contribution >= 4 is 27.4 Å². The fourth-order valence-electron chi connectivity index (χ4n) is 3.73. The van der Waals surface area contributed by atoms with E-state index in [9.17, 15) is 26.4 Å². The Morgan fingerprint density at radius 1 is 1.09 bits per heavy atom. The monoisotopic (exact) mass is 470 g/mol. The van der Waals surface area contributed by atoms with E-state index in [1.165, 1.54) is 25.3 Å². The van der Waals surface area contributed by atoms with Crippen LogP contribution in [0.15, 0.2) is 41.3 Å². The molecule has 1 aliphatic rings. The number of nitrogens with one attached hydrogen (secondary N) is 1. The van der Waals surface area contributed by atoms with E-state index >= 15 is 0 Å². The normalized spacial score (nSPS) is 14.8. The summed E-state index contributed by atoms with van der Waals surface area (Å²) in [7, 11) is -3.01. The fourth-order valence-corrected chi connectivity index (χ4v) is 5.14. The van der Waals surface area contributed by atoms with Gasteiger partial charge in [-0.3, -0.25) is 4.72 Å². The second kappa shape index (κ2) is 9.40. The zero-order valence-corrected chi connectivity index (χ0v) is 18.6. The van der Waals surface area contributed by atoms with Gasteiger partial charge in [0.15, 0.2) is 0 Å². The van der Waals surface area contributed by atoms with Gasteiger partial charge in [0.1, 0.15) is 0 Å². The first kappa shape index (κ1) is 23.9. The number of rotatable bonds is 6. The molecule has 0 spiro atoms. The van der Waals surface area contributed by atoms with Crippen molar-refractivity contribution in [1.29, 1.82) is 0 Å². The van der Waals surface area contributed by atoms with E-state index in [1.807, 2.05) is 0 Å². The number of nitrogens with zero attached hydrogens (tertiary/aromatic N) is 1. The van der Waals surface area contributed by atoms with Gasteiger partial charge in [-0.05, 0) is 61.6 Å². The first-order valence-corrected chi connectivity index (χ1v) is 11.8. The molecule has 0 unspecified atom stereocenters. The van der Waals surface area contributed by atoms with Gasteiger partial charge in [-0.25, -0.2) is 13.2 Å². The van der Waals surface area contributed by atoms with Crippen LogP contribution in [0.1, 0.15) is 47.7 Å². The van der Waals surface area contributed by atoms with Gasteiger partial charge in [0.05, 0.1) is 34.5 Å². The summed E-state index contributed by atoms with van der Waals surface area (Å²) in [5.74, 6) is -0.687. The van der Waals surface area contributed by atoms with E-state index in [-0.39, 0.29) is 21.8 Å². The molecule has 0 amide bonds. The predicted octanol–water partition coefficient (Wildman–Crippen LogP) is 4.85. The summed E-state index contributed by atoms with van der Waals surface area (Å²) in [5.41, 5.74) is -0.0658. The van der Waals surface area contributed by atoms with E-state index in [1.54, 1.807) is 11.8 Å². The number of alkyl halides is 3. The average Bonchev–Trinajstić information content (AvgIpc) is 2.78. The highest BCUT2D eigenvalue weighted by molar-refractivity contribution is 7.92. The molecular weight excluding hydrogens is 445 g/mol. The summed E-state index contributed by atoms with van der Waals surface area (Å²) in [6, 6.07) is 7.20. The van der Waals surface area contributed by atoms with Gasteiger partial charge in [0.25, 0.3) is 10.0 Å². The quantitative estimate of drug-likeness (QED) is 0.611. The molecule has 1 saturated heterocycles. The Balaban J connectivity index is 2.06. The minimum atomic E-state index is -4.55. The highest BCUT2D eigenvalue weighted by Gasteiger charge is 2.32. The van der Waals surface area contributed by atoms with Crippen LogP contribution < -0.4 is 9.62 Å². The number of anilines is 2. The smallest absolute Gasteiger partial charge is 0.416 e. The molecule has 6 nitrogen and oxygen atoms in total. The highest BCUT2D eigenvalue weighted by atomic mass is 32.2. The zero-order chi connectivity index (χ0) is 23.5. The van der Waals surface area contributed by atoms with E-state index in [4.69, 9.17) is 0 Å². The lowest BCUT2D eigenvalue weighted by atomic mass is 10.1. The fraction of sp³-hybridized carbons (Fsp3) is 0.409. The highest BCUT2D eigenvalue weighted by Crippen LogP contribution is 2.37. The predicted molar refractivity (Wildman–Crippen MR) is 115 cm³/mol. The molecular formula is C22H25F3N2O4S. The number of aryl methyl sites for hydroxylation is 1. The molecule has 0 radical (unpaired) electrons. The summed E-state index contributed by atoms with van der Waals surface area (Å²) >= 11 is 0. The molecule has 2 aromatic carbocycles. The average molecular weight is 471 g/mol. The Morgan fingerprint density at radius 3 is 2.38 bits per heavy atom. The topological polar surface area (TPSA) is 75.7 Å². The molecule has 0 aliphatic carbocycles. The zero-order valence-electron chi connectivity index (χ0n) is 17.8. The SMILES string of the molecule is CCc1ccc(C(=O)OC)cc1S(=O)(=O)Nc1ccc(C(F)(F)F)cc1N1CCCCC1. The van der Waals surface area contributed by atoms with Crippen LogP contribution >= 0.6 is 0 Å². The van der Waals surface area contributed by atoms with Gasteiger partial charge in [-0.15, -0.1) is 0 Å². The molecule has 3 rings (SSSR count). The van der Waals surface area contributed by atoms with Crippen LogP contribution in [0.3, 0.4) is 0 Å². The molecule has 2 aromatic rings. The lowest BCUT2D eigenvalue weighted by molar-refractivity contribution is -0.137. The standard InChI is InChI=1S/C22H25F3N2O4S/c1-3-15-7-8-16(21(28)31-2)13-20(15)32(29,30)26-18-10-9-17(22(23,24)25)14-19(18)27-11-5-4-6-12-27/h7-10,13-14,26H,3-6,11-12H2,1-2H3. The number of benzene rings is 2. The molecule has 1 aliphatic heterocycles. The van der Waals surface area contributed by atoms with Gasteiger partial charge in [0, 0.05) is 13.1 Å². The maximum Gasteiger partial charge on any atom is 0.416 e. The van der Waals surface area contributed by atoms with E-state index in [0.29, 0.717) is 25.1 Å². The van der Waals surface area contributed by atoms with E-state index in [0.717, 1.165) is 37.5 Å². The van der Waals surface area contributed by atoms with Crippen molar-refractivity contribution in [1.82, 2.24) is 0 Å². The maximum absolute atomic E-state index is 13.3. The molecule has 0 atom stereocenters. The number of carbonyl (C=O) groups excluding carboxylic acids is 1. The van der Waals surface area contributed by atoms with Gasteiger partial charge >= 0.3 is 12.1 Å². The van der Waals surface area contributed by atoms with Crippen molar-refractivity contribution in [3.63, 3.8) is 0 Å². The summed E-state index contributed by atoms with van der Waals surface area (Å²) in [4.78, 5) is 13.5. The summed E-state index contributed by atoms with van der Waals surface area (Å²) in [5, 5.41) is 0. The number of piperidine rings is 1. The lowest BCUT2D eigenvalue weighted by Crippen LogP contribution is -2.31. The lowest BCUT2D eigenvalue weighted by Gasteiger charge is -2.31. The van der Waals surface area contributed by atoms with Crippen molar-refractivity contribution in [2.75, 3.05) is 29.8 Å². The Hall–Kier alpha value is -2.75.